The molecule has 0 atom stereocenters. The molecule has 162 valence electrons. The van der Waals surface area contributed by atoms with E-state index in [1.807, 2.05) is 0 Å². The van der Waals surface area contributed by atoms with Crippen LogP contribution in [0.3, 0.4) is 0 Å². The first-order valence-corrected chi connectivity index (χ1v) is 12.3. The molecule has 2 aliphatic carbocycles. The number of benzene rings is 1. The van der Waals surface area contributed by atoms with E-state index in [0.717, 1.165) is 49.0 Å². The highest BCUT2D eigenvalue weighted by Gasteiger charge is 2.24. The van der Waals surface area contributed by atoms with E-state index in [2.05, 4.69) is 19.1 Å². The summed E-state index contributed by atoms with van der Waals surface area (Å²) in [5, 5.41) is -0.385. The fraction of sp³-hybridized carbons (Fsp3) is 0.692. The summed E-state index contributed by atoms with van der Waals surface area (Å²) < 4.78 is 27.5. The molecule has 0 nitrogen and oxygen atoms in total. The Hall–Kier alpha value is -0.890. The fourth-order valence-corrected chi connectivity index (χ4v) is 5.49. The minimum Gasteiger partial charge on any atom is -0.205 e. The average molecular weight is 423 g/mol. The first-order valence-electron chi connectivity index (χ1n) is 11.9. The van der Waals surface area contributed by atoms with Crippen molar-refractivity contribution >= 4 is 11.6 Å². The summed E-state index contributed by atoms with van der Waals surface area (Å²) in [7, 11) is 0. The average Bonchev–Trinajstić information content (AvgIpc) is 2.74. The van der Waals surface area contributed by atoms with Crippen LogP contribution in [0.1, 0.15) is 102 Å². The van der Waals surface area contributed by atoms with Crippen LogP contribution in [0.5, 0.6) is 0 Å². The summed E-state index contributed by atoms with van der Waals surface area (Å²) in [5.74, 6) is 1.55. The van der Waals surface area contributed by atoms with Crippen molar-refractivity contribution in [3.63, 3.8) is 0 Å². The first kappa shape index (κ1) is 22.8. The van der Waals surface area contributed by atoms with Crippen molar-refractivity contribution in [2.24, 2.45) is 17.8 Å². The quantitative estimate of drug-likeness (QED) is 0.289. The van der Waals surface area contributed by atoms with Gasteiger partial charge in [0.15, 0.2) is 0 Å². The number of hydrogen-bond donors (Lipinski definition) is 0. The molecule has 0 spiro atoms. The Kier molecular flexibility index (Phi) is 9.03. The van der Waals surface area contributed by atoms with E-state index in [4.69, 9.17) is 11.6 Å². The highest BCUT2D eigenvalue weighted by Crippen LogP contribution is 2.39. The summed E-state index contributed by atoms with van der Waals surface area (Å²) in [4.78, 5) is 0. The van der Waals surface area contributed by atoms with Crippen LogP contribution in [0.4, 0.5) is 8.78 Å². The molecule has 2 aliphatic rings. The minimum absolute atomic E-state index is 0.269. The maximum absolute atomic E-state index is 13.7. The molecule has 0 aromatic heterocycles. The van der Waals surface area contributed by atoms with Gasteiger partial charge in [-0.15, -0.1) is 0 Å². The van der Waals surface area contributed by atoms with E-state index in [-0.39, 0.29) is 10.9 Å². The molecule has 0 unspecified atom stereocenters. The van der Waals surface area contributed by atoms with Crippen molar-refractivity contribution in [3.8, 4) is 0 Å². The van der Waals surface area contributed by atoms with Gasteiger partial charge in [-0.2, -0.15) is 0 Å². The smallest absolute Gasteiger partial charge is 0.145 e. The van der Waals surface area contributed by atoms with Crippen LogP contribution in [0.25, 0.3) is 0 Å². The van der Waals surface area contributed by atoms with Gasteiger partial charge in [0.1, 0.15) is 16.7 Å². The Morgan fingerprint density at radius 1 is 0.897 bits per heavy atom. The molecule has 0 bridgehead atoms. The van der Waals surface area contributed by atoms with Crippen LogP contribution in [0, 0.1) is 29.4 Å². The van der Waals surface area contributed by atoms with Crippen LogP contribution in [-0.2, 0) is 0 Å². The normalized spacial score (nSPS) is 28.1. The second-order valence-corrected chi connectivity index (χ2v) is 9.82. The van der Waals surface area contributed by atoms with E-state index in [0.29, 0.717) is 0 Å². The van der Waals surface area contributed by atoms with Crippen LogP contribution < -0.4 is 0 Å². The van der Waals surface area contributed by atoms with Gasteiger partial charge in [-0.3, -0.25) is 0 Å². The summed E-state index contributed by atoms with van der Waals surface area (Å²) in [6, 6.07) is 2.85. The predicted octanol–water partition coefficient (Wildman–Crippen LogP) is 9.22. The highest BCUT2D eigenvalue weighted by molar-refractivity contribution is 6.30. The van der Waals surface area contributed by atoms with Gasteiger partial charge >= 0.3 is 0 Å². The fourth-order valence-electron chi connectivity index (χ4n) is 5.38. The van der Waals surface area contributed by atoms with Crippen molar-refractivity contribution in [2.75, 3.05) is 0 Å². The first-order chi connectivity index (χ1) is 14.1. The monoisotopic (exact) mass is 422 g/mol. The van der Waals surface area contributed by atoms with Gasteiger partial charge in [-0.1, -0.05) is 49.9 Å². The molecular weight excluding hydrogens is 386 g/mol. The third kappa shape index (κ3) is 6.81. The van der Waals surface area contributed by atoms with Crippen molar-refractivity contribution in [3.05, 3.63) is 46.5 Å². The Morgan fingerprint density at radius 2 is 1.48 bits per heavy atom. The number of unbranched alkanes of at least 4 members (excludes halogenated alkanes) is 1. The molecule has 0 N–H and O–H groups in total. The molecule has 0 saturated heterocycles. The van der Waals surface area contributed by atoms with E-state index in [9.17, 15) is 8.78 Å². The van der Waals surface area contributed by atoms with Crippen molar-refractivity contribution in [1.82, 2.24) is 0 Å². The van der Waals surface area contributed by atoms with Gasteiger partial charge in [0, 0.05) is 0 Å². The lowest BCUT2D eigenvalue weighted by molar-refractivity contribution is 0.289. The Bertz CT molecular complexity index is 630. The van der Waals surface area contributed by atoms with Gasteiger partial charge in [0.2, 0.25) is 0 Å². The summed E-state index contributed by atoms with van der Waals surface area (Å²) in [6.07, 6.45) is 21.5. The van der Waals surface area contributed by atoms with Crippen molar-refractivity contribution < 1.29 is 8.78 Å². The number of halogens is 3. The lowest BCUT2D eigenvalue weighted by Gasteiger charge is -2.29. The molecule has 3 heteroatoms. The molecule has 0 amide bonds. The zero-order valence-corrected chi connectivity index (χ0v) is 18.7. The molecule has 0 aliphatic heterocycles. The molecule has 3 rings (SSSR count). The Morgan fingerprint density at radius 3 is 2.10 bits per heavy atom. The third-order valence-corrected chi connectivity index (χ3v) is 7.69. The molecular formula is C26H37ClF2. The SMILES string of the molecule is CCCCC1CCC(/C=C/CCC2CCC(c3cc(F)c(Cl)c(F)c3)CC2)CC1. The van der Waals surface area contributed by atoms with Gasteiger partial charge in [0.05, 0.1) is 0 Å². The Balaban J connectivity index is 1.34. The van der Waals surface area contributed by atoms with Crippen LogP contribution >= 0.6 is 11.6 Å². The van der Waals surface area contributed by atoms with Gasteiger partial charge < -0.3 is 0 Å². The maximum Gasteiger partial charge on any atom is 0.145 e. The molecule has 0 radical (unpaired) electrons. The van der Waals surface area contributed by atoms with E-state index >= 15 is 0 Å². The van der Waals surface area contributed by atoms with Crippen molar-refractivity contribution in [1.29, 1.82) is 0 Å². The number of allylic oxidation sites excluding steroid dienone is 2. The number of rotatable bonds is 8. The molecule has 2 saturated carbocycles. The zero-order valence-electron chi connectivity index (χ0n) is 17.9. The minimum atomic E-state index is -0.631. The van der Waals surface area contributed by atoms with Crippen LogP contribution in [-0.4, -0.2) is 0 Å². The maximum atomic E-state index is 13.7. The summed E-state index contributed by atoms with van der Waals surface area (Å²) in [6.45, 7) is 2.29. The van der Waals surface area contributed by atoms with E-state index in [1.54, 1.807) is 0 Å². The second-order valence-electron chi connectivity index (χ2n) is 9.44. The summed E-state index contributed by atoms with van der Waals surface area (Å²) in [5.41, 5.74) is 0.775. The molecule has 1 aromatic carbocycles. The standard InChI is InChI=1S/C26H37ClF2/c1-2-3-6-19-9-11-20(12-10-19)7-4-5-8-21-13-15-22(16-14-21)23-17-24(28)26(27)25(29)18-23/h4,7,17-22H,2-3,5-6,8-16H2,1H3/b7-4+. The summed E-state index contributed by atoms with van der Waals surface area (Å²) >= 11 is 5.61. The third-order valence-electron chi connectivity index (χ3n) is 7.33. The van der Waals surface area contributed by atoms with E-state index < -0.39 is 11.6 Å². The number of hydrogen-bond acceptors (Lipinski definition) is 0. The topological polar surface area (TPSA) is 0 Å². The molecule has 2 fully saturated rings. The molecule has 0 heterocycles. The van der Waals surface area contributed by atoms with Crippen LogP contribution in [0.2, 0.25) is 5.02 Å². The molecule has 29 heavy (non-hydrogen) atoms. The van der Waals surface area contributed by atoms with Crippen LogP contribution in [0.15, 0.2) is 24.3 Å². The van der Waals surface area contributed by atoms with Gasteiger partial charge in [-0.25, -0.2) is 8.78 Å². The van der Waals surface area contributed by atoms with Crippen molar-refractivity contribution in [2.45, 2.75) is 96.3 Å². The lowest BCUT2D eigenvalue weighted by atomic mass is 9.77. The lowest BCUT2D eigenvalue weighted by Crippen LogP contribution is -2.14. The van der Waals surface area contributed by atoms with E-state index in [1.165, 1.54) is 69.9 Å². The largest absolute Gasteiger partial charge is 0.205 e. The molecule has 1 aromatic rings. The highest BCUT2D eigenvalue weighted by atomic mass is 35.5. The van der Waals surface area contributed by atoms with Gasteiger partial charge in [0.25, 0.3) is 0 Å². The second kappa shape index (κ2) is 11.5. The zero-order chi connectivity index (χ0) is 20.6. The van der Waals surface area contributed by atoms with Gasteiger partial charge in [-0.05, 0) is 106 Å². The Labute approximate surface area is 181 Å². The predicted molar refractivity (Wildman–Crippen MR) is 119 cm³/mol.